The van der Waals surface area contributed by atoms with Crippen LogP contribution in [0.4, 0.5) is 0 Å². The third kappa shape index (κ3) is 4.37. The van der Waals surface area contributed by atoms with Crippen molar-refractivity contribution in [2.24, 2.45) is 11.8 Å². The third-order valence-electron chi connectivity index (χ3n) is 5.24. The van der Waals surface area contributed by atoms with Gasteiger partial charge in [0.15, 0.2) is 6.10 Å². The molecule has 0 aliphatic heterocycles. The minimum absolute atomic E-state index is 0.368. The van der Waals surface area contributed by atoms with E-state index in [0.717, 1.165) is 29.0 Å². The van der Waals surface area contributed by atoms with E-state index in [1.54, 1.807) is 0 Å². The molecule has 1 amide bonds. The minimum Gasteiger partial charge on any atom is -0.383 e. The average Bonchev–Trinajstić information content (AvgIpc) is 3.09. The van der Waals surface area contributed by atoms with E-state index in [1.165, 1.54) is 30.6 Å². The first kappa shape index (κ1) is 18.3. The second-order valence-electron chi connectivity index (χ2n) is 6.95. The second kappa shape index (κ2) is 8.25. The van der Waals surface area contributed by atoms with E-state index in [1.807, 2.05) is 24.3 Å². The molecular formula is C19H26N2O3S. The molecule has 136 valence electrons. The molecule has 2 atom stereocenters. The summed E-state index contributed by atoms with van der Waals surface area (Å²) in [7, 11) is 0. The van der Waals surface area contributed by atoms with Crippen LogP contribution in [0.2, 0.25) is 0 Å². The van der Waals surface area contributed by atoms with Crippen molar-refractivity contribution < 1.29 is 15.0 Å². The van der Waals surface area contributed by atoms with Crippen LogP contribution < -0.4 is 5.32 Å². The summed E-state index contributed by atoms with van der Waals surface area (Å²) in [6, 6.07) is 7.52. The van der Waals surface area contributed by atoms with E-state index < -0.39 is 18.1 Å². The van der Waals surface area contributed by atoms with Crippen LogP contribution >= 0.6 is 11.3 Å². The molecule has 0 bridgehead atoms. The number of para-hydroxylation sites is 1. The lowest BCUT2D eigenvalue weighted by Crippen LogP contribution is -2.41. The first-order valence-electron chi connectivity index (χ1n) is 9.07. The fourth-order valence-electron chi connectivity index (χ4n) is 3.49. The Kier molecular flexibility index (Phi) is 6.04. The van der Waals surface area contributed by atoms with Crippen molar-refractivity contribution in [1.82, 2.24) is 10.3 Å². The normalized spacial score (nSPS) is 23.3. The van der Waals surface area contributed by atoms with Gasteiger partial charge < -0.3 is 15.5 Å². The standard InChI is InChI=1S/C19H26N2O3S/c1-2-12-7-9-13(10-8-12)11-20-18(24)16(22)17(23)19-21-14-5-3-4-6-15(14)25-19/h3-6,12-13,16-17,22-23H,2,7-11H2,1H3,(H,20,24)/t12?,13?,16-,17-/m0/s1. The maximum atomic E-state index is 12.2. The number of nitrogens with one attached hydrogen (secondary N) is 1. The zero-order valence-electron chi connectivity index (χ0n) is 14.5. The Morgan fingerprint density at radius 2 is 1.92 bits per heavy atom. The fraction of sp³-hybridized carbons (Fsp3) is 0.579. The Balaban J connectivity index is 1.53. The molecule has 1 saturated carbocycles. The van der Waals surface area contributed by atoms with Gasteiger partial charge in [-0.05, 0) is 36.8 Å². The Labute approximate surface area is 152 Å². The quantitative estimate of drug-likeness (QED) is 0.738. The van der Waals surface area contributed by atoms with Gasteiger partial charge in [-0.2, -0.15) is 0 Å². The molecule has 1 aliphatic carbocycles. The first-order chi connectivity index (χ1) is 12.1. The molecule has 25 heavy (non-hydrogen) atoms. The lowest BCUT2D eigenvalue weighted by Gasteiger charge is -2.28. The number of hydrogen-bond acceptors (Lipinski definition) is 5. The molecule has 3 N–H and O–H groups in total. The first-order valence-corrected chi connectivity index (χ1v) is 9.89. The van der Waals surface area contributed by atoms with Crippen LogP contribution in [0.3, 0.4) is 0 Å². The second-order valence-corrected chi connectivity index (χ2v) is 8.01. The van der Waals surface area contributed by atoms with Gasteiger partial charge >= 0.3 is 0 Å². The molecule has 5 nitrogen and oxygen atoms in total. The topological polar surface area (TPSA) is 82.5 Å². The van der Waals surface area contributed by atoms with Crippen LogP contribution in [0.5, 0.6) is 0 Å². The van der Waals surface area contributed by atoms with E-state index >= 15 is 0 Å². The maximum Gasteiger partial charge on any atom is 0.252 e. The number of carbonyl (C=O) groups excluding carboxylic acids is 1. The molecule has 1 fully saturated rings. The number of rotatable bonds is 6. The Morgan fingerprint density at radius 1 is 1.24 bits per heavy atom. The highest BCUT2D eigenvalue weighted by Crippen LogP contribution is 2.30. The highest BCUT2D eigenvalue weighted by molar-refractivity contribution is 7.18. The number of fused-ring (bicyclic) bond motifs is 1. The lowest BCUT2D eigenvalue weighted by molar-refractivity contribution is -0.135. The highest BCUT2D eigenvalue weighted by Gasteiger charge is 2.29. The van der Waals surface area contributed by atoms with Crippen molar-refractivity contribution in [3.8, 4) is 0 Å². The zero-order valence-corrected chi connectivity index (χ0v) is 15.3. The number of hydrogen-bond donors (Lipinski definition) is 3. The number of thiazole rings is 1. The molecule has 2 aromatic rings. The summed E-state index contributed by atoms with van der Waals surface area (Å²) in [4.78, 5) is 16.5. The molecule has 0 saturated heterocycles. The predicted octanol–water partition coefficient (Wildman–Crippen LogP) is 3.02. The number of nitrogens with zero attached hydrogens (tertiary/aromatic N) is 1. The molecule has 1 heterocycles. The van der Waals surface area contributed by atoms with Gasteiger partial charge in [-0.3, -0.25) is 4.79 Å². The van der Waals surface area contributed by atoms with Gasteiger partial charge in [0.05, 0.1) is 10.2 Å². The van der Waals surface area contributed by atoms with Crippen LogP contribution in [-0.2, 0) is 4.79 Å². The van der Waals surface area contributed by atoms with Crippen molar-refractivity contribution in [2.75, 3.05) is 6.54 Å². The van der Waals surface area contributed by atoms with Crippen molar-refractivity contribution in [1.29, 1.82) is 0 Å². The zero-order chi connectivity index (χ0) is 17.8. The smallest absolute Gasteiger partial charge is 0.252 e. The average molecular weight is 362 g/mol. The number of aromatic nitrogens is 1. The highest BCUT2D eigenvalue weighted by atomic mass is 32.1. The van der Waals surface area contributed by atoms with Gasteiger partial charge in [0.25, 0.3) is 5.91 Å². The SMILES string of the molecule is CCC1CCC(CNC(=O)[C@@H](O)[C@H](O)c2nc3ccccc3s2)CC1. The van der Waals surface area contributed by atoms with Crippen LogP contribution in [0, 0.1) is 11.8 Å². The van der Waals surface area contributed by atoms with Gasteiger partial charge in [-0.25, -0.2) is 4.98 Å². The lowest BCUT2D eigenvalue weighted by atomic mass is 9.81. The summed E-state index contributed by atoms with van der Waals surface area (Å²) in [5.74, 6) is 0.765. The summed E-state index contributed by atoms with van der Waals surface area (Å²) in [5, 5.41) is 23.6. The fourth-order valence-corrected chi connectivity index (χ4v) is 4.47. The molecule has 0 unspecified atom stereocenters. The van der Waals surface area contributed by atoms with Crippen molar-refractivity contribution in [3.63, 3.8) is 0 Å². The summed E-state index contributed by atoms with van der Waals surface area (Å²) in [6.45, 7) is 2.80. The maximum absolute atomic E-state index is 12.2. The molecule has 0 spiro atoms. The molecular weight excluding hydrogens is 336 g/mol. The van der Waals surface area contributed by atoms with Gasteiger partial charge in [0, 0.05) is 6.54 Å². The number of carbonyl (C=O) groups is 1. The van der Waals surface area contributed by atoms with E-state index in [2.05, 4.69) is 17.2 Å². The molecule has 1 aromatic carbocycles. The Bertz CT molecular complexity index is 677. The summed E-state index contributed by atoms with van der Waals surface area (Å²) >= 11 is 1.30. The Morgan fingerprint density at radius 3 is 2.60 bits per heavy atom. The van der Waals surface area contributed by atoms with Gasteiger partial charge in [-0.15, -0.1) is 11.3 Å². The number of amides is 1. The molecule has 6 heteroatoms. The van der Waals surface area contributed by atoms with E-state index in [4.69, 9.17) is 0 Å². The number of aliphatic hydroxyl groups is 2. The van der Waals surface area contributed by atoms with Crippen molar-refractivity contribution >= 4 is 27.5 Å². The molecule has 3 rings (SSSR count). The third-order valence-corrected chi connectivity index (χ3v) is 6.35. The summed E-state index contributed by atoms with van der Waals surface area (Å²) < 4.78 is 0.928. The predicted molar refractivity (Wildman–Crippen MR) is 99.3 cm³/mol. The number of benzene rings is 1. The van der Waals surface area contributed by atoms with Crippen LogP contribution in [0.1, 0.15) is 50.1 Å². The Hall–Kier alpha value is -1.50. The van der Waals surface area contributed by atoms with Gasteiger partial charge in [0.1, 0.15) is 11.1 Å². The van der Waals surface area contributed by atoms with Crippen LogP contribution in [0.25, 0.3) is 10.2 Å². The van der Waals surface area contributed by atoms with Gasteiger partial charge in [0.2, 0.25) is 0 Å². The van der Waals surface area contributed by atoms with Gasteiger partial charge in [-0.1, -0.05) is 38.3 Å². The van der Waals surface area contributed by atoms with Crippen LogP contribution in [-0.4, -0.2) is 33.8 Å². The van der Waals surface area contributed by atoms with Crippen molar-refractivity contribution in [3.05, 3.63) is 29.3 Å². The molecule has 0 radical (unpaired) electrons. The van der Waals surface area contributed by atoms with Crippen LogP contribution in [0.15, 0.2) is 24.3 Å². The minimum atomic E-state index is -1.49. The van der Waals surface area contributed by atoms with E-state index in [9.17, 15) is 15.0 Å². The van der Waals surface area contributed by atoms with E-state index in [0.29, 0.717) is 17.5 Å². The van der Waals surface area contributed by atoms with Crippen molar-refractivity contribution in [2.45, 2.75) is 51.2 Å². The largest absolute Gasteiger partial charge is 0.383 e. The number of aliphatic hydroxyl groups excluding tert-OH is 2. The monoisotopic (exact) mass is 362 g/mol. The van der Waals surface area contributed by atoms with E-state index in [-0.39, 0.29) is 0 Å². The summed E-state index contributed by atoms with van der Waals surface area (Å²) in [5.41, 5.74) is 0.766. The summed E-state index contributed by atoms with van der Waals surface area (Å²) in [6.07, 6.45) is 3.11. The molecule has 1 aromatic heterocycles. The molecule has 1 aliphatic rings.